The van der Waals surface area contributed by atoms with E-state index in [9.17, 15) is 0 Å². The van der Waals surface area contributed by atoms with Gasteiger partial charge < -0.3 is 10.2 Å². The third-order valence-corrected chi connectivity index (χ3v) is 3.36. The molecule has 108 valence electrons. The van der Waals surface area contributed by atoms with Crippen molar-refractivity contribution in [3.63, 3.8) is 0 Å². The summed E-state index contributed by atoms with van der Waals surface area (Å²) in [6, 6.07) is 6.92. The normalized spacial score (nSPS) is 11.1. The fourth-order valence-corrected chi connectivity index (χ4v) is 2.45. The van der Waals surface area contributed by atoms with Gasteiger partial charge in [-0.25, -0.2) is 0 Å². The monoisotopic (exact) mass is 282 g/mol. The van der Waals surface area contributed by atoms with Crippen LogP contribution in [0.4, 0.5) is 5.69 Å². The lowest BCUT2D eigenvalue weighted by atomic mass is 10.1. The molecule has 0 aromatic heterocycles. The predicted octanol–water partition coefficient (Wildman–Crippen LogP) is 4.46. The van der Waals surface area contributed by atoms with E-state index in [-0.39, 0.29) is 0 Å². The minimum absolute atomic E-state index is 0.495. The summed E-state index contributed by atoms with van der Waals surface area (Å²) < 4.78 is 0. The Morgan fingerprint density at radius 1 is 1.16 bits per heavy atom. The van der Waals surface area contributed by atoms with Crippen molar-refractivity contribution in [1.29, 1.82) is 0 Å². The second-order valence-electron chi connectivity index (χ2n) is 5.31. The summed E-state index contributed by atoms with van der Waals surface area (Å²) in [5, 5.41) is 4.28. The second kappa shape index (κ2) is 8.44. The lowest BCUT2D eigenvalue weighted by Crippen LogP contribution is -2.25. The first-order valence-corrected chi connectivity index (χ1v) is 7.73. The molecule has 0 radical (unpaired) electrons. The van der Waals surface area contributed by atoms with Crippen molar-refractivity contribution in [2.24, 2.45) is 0 Å². The van der Waals surface area contributed by atoms with Gasteiger partial charge in [0.1, 0.15) is 0 Å². The maximum Gasteiger partial charge on any atom is 0.0642 e. The molecule has 1 N–H and O–H groups in total. The molecule has 0 saturated heterocycles. The average molecular weight is 283 g/mol. The summed E-state index contributed by atoms with van der Waals surface area (Å²) in [5.41, 5.74) is 2.41. The van der Waals surface area contributed by atoms with Crippen molar-refractivity contribution in [2.45, 2.75) is 53.1 Å². The Morgan fingerprint density at radius 3 is 2.26 bits per heavy atom. The maximum absolute atomic E-state index is 6.44. The van der Waals surface area contributed by atoms with Crippen LogP contribution in [0.1, 0.15) is 46.1 Å². The summed E-state index contributed by atoms with van der Waals surface area (Å²) in [7, 11) is 0. The third-order valence-electron chi connectivity index (χ3n) is 3.05. The molecule has 3 heteroatoms. The van der Waals surface area contributed by atoms with Gasteiger partial charge in [-0.2, -0.15) is 0 Å². The second-order valence-corrected chi connectivity index (χ2v) is 5.72. The summed E-state index contributed by atoms with van der Waals surface area (Å²) in [4.78, 5) is 2.38. The van der Waals surface area contributed by atoms with Crippen molar-refractivity contribution >= 4 is 17.3 Å². The smallest absolute Gasteiger partial charge is 0.0642 e. The summed E-state index contributed by atoms with van der Waals surface area (Å²) >= 11 is 6.44. The van der Waals surface area contributed by atoms with E-state index in [1.54, 1.807) is 0 Å². The van der Waals surface area contributed by atoms with Crippen LogP contribution in [0.25, 0.3) is 0 Å². The minimum Gasteiger partial charge on any atom is -0.370 e. The molecule has 1 rings (SSSR count). The quantitative estimate of drug-likeness (QED) is 0.757. The number of rotatable bonds is 8. The molecular weight excluding hydrogens is 256 g/mol. The van der Waals surface area contributed by atoms with Crippen molar-refractivity contribution < 1.29 is 0 Å². The van der Waals surface area contributed by atoms with Gasteiger partial charge in [-0.15, -0.1) is 0 Å². The first kappa shape index (κ1) is 16.3. The van der Waals surface area contributed by atoms with Gasteiger partial charge in [0.25, 0.3) is 0 Å². The first-order chi connectivity index (χ1) is 9.08. The highest BCUT2D eigenvalue weighted by atomic mass is 35.5. The molecule has 1 aromatic carbocycles. The molecule has 0 heterocycles. The van der Waals surface area contributed by atoms with Crippen LogP contribution in [-0.2, 0) is 6.54 Å². The Balaban J connectivity index is 2.79. The molecule has 0 amide bonds. The topological polar surface area (TPSA) is 15.3 Å². The van der Waals surface area contributed by atoms with E-state index >= 15 is 0 Å². The van der Waals surface area contributed by atoms with Gasteiger partial charge in [0, 0.05) is 25.7 Å². The van der Waals surface area contributed by atoms with Crippen LogP contribution in [0.2, 0.25) is 5.02 Å². The maximum atomic E-state index is 6.44. The van der Waals surface area contributed by atoms with Gasteiger partial charge in [-0.3, -0.25) is 0 Å². The van der Waals surface area contributed by atoms with Gasteiger partial charge >= 0.3 is 0 Å². The van der Waals surface area contributed by atoms with Crippen molar-refractivity contribution in [3.05, 3.63) is 28.8 Å². The Kier molecular flexibility index (Phi) is 7.25. The highest BCUT2D eigenvalue weighted by molar-refractivity contribution is 6.33. The number of benzene rings is 1. The fraction of sp³-hybridized carbons (Fsp3) is 0.625. The molecule has 0 atom stereocenters. The largest absolute Gasteiger partial charge is 0.370 e. The Morgan fingerprint density at radius 2 is 1.79 bits per heavy atom. The van der Waals surface area contributed by atoms with Crippen molar-refractivity contribution in [3.8, 4) is 0 Å². The lowest BCUT2D eigenvalue weighted by Gasteiger charge is -2.25. The molecule has 19 heavy (non-hydrogen) atoms. The highest BCUT2D eigenvalue weighted by Gasteiger charge is 2.09. The Labute approximate surface area is 123 Å². The molecule has 0 saturated carbocycles. The van der Waals surface area contributed by atoms with Crippen molar-refractivity contribution in [2.75, 3.05) is 18.0 Å². The van der Waals surface area contributed by atoms with E-state index in [4.69, 9.17) is 11.6 Å². The van der Waals surface area contributed by atoms with Gasteiger partial charge in [-0.1, -0.05) is 45.4 Å². The number of hydrogen-bond donors (Lipinski definition) is 1. The Hall–Kier alpha value is -0.730. The van der Waals surface area contributed by atoms with Crippen LogP contribution >= 0.6 is 11.6 Å². The minimum atomic E-state index is 0.495. The van der Waals surface area contributed by atoms with Crippen LogP contribution < -0.4 is 10.2 Å². The van der Waals surface area contributed by atoms with Crippen LogP contribution in [0, 0.1) is 0 Å². The third kappa shape index (κ3) is 5.42. The predicted molar refractivity (Wildman–Crippen MR) is 86.2 cm³/mol. The number of anilines is 1. The SMILES string of the molecule is CCCN(CCC)c1ccc(CNC(C)C)cc1Cl. The Bertz CT molecular complexity index is 371. The number of halogens is 1. The zero-order valence-electron chi connectivity index (χ0n) is 12.7. The van der Waals surface area contributed by atoms with Crippen LogP contribution in [0.5, 0.6) is 0 Å². The molecule has 1 aromatic rings. The van der Waals surface area contributed by atoms with E-state index in [0.717, 1.165) is 37.5 Å². The highest BCUT2D eigenvalue weighted by Crippen LogP contribution is 2.27. The van der Waals surface area contributed by atoms with Crippen LogP contribution in [0.3, 0.4) is 0 Å². The molecule has 0 aliphatic carbocycles. The van der Waals surface area contributed by atoms with Crippen molar-refractivity contribution in [1.82, 2.24) is 5.32 Å². The summed E-state index contributed by atoms with van der Waals surface area (Å²) in [6.45, 7) is 11.7. The summed E-state index contributed by atoms with van der Waals surface area (Å²) in [6.07, 6.45) is 2.29. The average Bonchev–Trinajstić information content (AvgIpc) is 2.36. The van der Waals surface area contributed by atoms with Gasteiger partial charge in [0.05, 0.1) is 10.7 Å². The van der Waals surface area contributed by atoms with Gasteiger partial charge in [0.2, 0.25) is 0 Å². The molecular formula is C16H27ClN2. The van der Waals surface area contributed by atoms with E-state index in [2.05, 4.69) is 56.1 Å². The molecule has 0 fully saturated rings. The molecule has 0 bridgehead atoms. The molecule has 0 aliphatic rings. The summed E-state index contributed by atoms with van der Waals surface area (Å²) in [5.74, 6) is 0. The standard InChI is InChI=1S/C16H27ClN2/c1-5-9-19(10-6-2)16-8-7-14(11-15(16)17)12-18-13(3)4/h7-8,11,13,18H,5-6,9-10,12H2,1-4H3. The van der Waals surface area contributed by atoms with E-state index in [0.29, 0.717) is 6.04 Å². The lowest BCUT2D eigenvalue weighted by molar-refractivity contribution is 0.589. The number of nitrogens with one attached hydrogen (secondary N) is 1. The van der Waals surface area contributed by atoms with Crippen LogP contribution in [0.15, 0.2) is 18.2 Å². The van der Waals surface area contributed by atoms with Gasteiger partial charge in [-0.05, 0) is 30.5 Å². The molecule has 0 aliphatic heterocycles. The fourth-order valence-electron chi connectivity index (χ4n) is 2.13. The first-order valence-electron chi connectivity index (χ1n) is 7.35. The number of nitrogens with zero attached hydrogens (tertiary/aromatic N) is 1. The van der Waals surface area contributed by atoms with Gasteiger partial charge in [0.15, 0.2) is 0 Å². The molecule has 2 nitrogen and oxygen atoms in total. The van der Waals surface area contributed by atoms with E-state index < -0.39 is 0 Å². The zero-order valence-corrected chi connectivity index (χ0v) is 13.4. The molecule has 0 spiro atoms. The van der Waals surface area contributed by atoms with E-state index in [1.165, 1.54) is 11.3 Å². The molecule has 0 unspecified atom stereocenters. The zero-order chi connectivity index (χ0) is 14.3. The van der Waals surface area contributed by atoms with E-state index in [1.807, 2.05) is 0 Å². The van der Waals surface area contributed by atoms with Crippen LogP contribution in [-0.4, -0.2) is 19.1 Å². The number of hydrogen-bond acceptors (Lipinski definition) is 2.